The zero-order chi connectivity index (χ0) is 29.7. The zero-order valence-corrected chi connectivity index (χ0v) is 24.3. The van der Waals surface area contributed by atoms with Crippen LogP contribution in [0, 0.1) is 0 Å². The van der Waals surface area contributed by atoms with Gasteiger partial charge in [0.25, 0.3) is 11.8 Å². The third-order valence-corrected chi connectivity index (χ3v) is 9.02. The van der Waals surface area contributed by atoms with Crippen LogP contribution in [0.25, 0.3) is 0 Å². The fraction of sp³-hybridized carbons (Fsp3) is 0.348. The molecule has 0 spiro atoms. The number of oxime groups is 1. The largest absolute Gasteiger partial charge is 0.477 e. The van der Waals surface area contributed by atoms with Crippen LogP contribution in [0.5, 0.6) is 0 Å². The molecule has 0 unspecified atom stereocenters. The van der Waals surface area contributed by atoms with E-state index in [1.165, 1.54) is 48.0 Å². The van der Waals surface area contributed by atoms with E-state index in [1.807, 2.05) is 12.1 Å². The highest BCUT2D eigenvalue weighted by Gasteiger charge is 2.54. The second-order valence-corrected chi connectivity index (χ2v) is 11.6. The number of β-lactam (4-membered cyclic amide) rings is 1. The molecule has 0 aliphatic carbocycles. The summed E-state index contributed by atoms with van der Waals surface area (Å²) in [6.07, 6.45) is 3.47. The van der Waals surface area contributed by atoms with Crippen molar-refractivity contribution < 1.29 is 38.5 Å². The molecule has 7 N–H and O–H groups in total. The van der Waals surface area contributed by atoms with Crippen molar-refractivity contribution in [2.75, 3.05) is 43.4 Å². The highest BCUT2D eigenvalue weighted by Crippen LogP contribution is 2.41. The molecule has 0 aromatic carbocycles. The van der Waals surface area contributed by atoms with E-state index in [9.17, 15) is 24.3 Å². The van der Waals surface area contributed by atoms with Gasteiger partial charge in [0.1, 0.15) is 36.0 Å². The Balaban J connectivity index is 1.39. The molecular formula is C23H27N8O7S3+. The highest BCUT2D eigenvalue weighted by molar-refractivity contribution is 8.01. The Morgan fingerprint density at radius 1 is 1.34 bits per heavy atom. The molecule has 18 heteroatoms. The van der Waals surface area contributed by atoms with Gasteiger partial charge in [0.15, 0.2) is 10.8 Å². The maximum atomic E-state index is 13.0. The highest BCUT2D eigenvalue weighted by atomic mass is 32.2. The first-order chi connectivity index (χ1) is 19.6. The zero-order valence-electron chi connectivity index (χ0n) is 21.8. The summed E-state index contributed by atoms with van der Waals surface area (Å²) >= 11 is 3.89. The predicted molar refractivity (Wildman–Crippen MR) is 151 cm³/mol. The first-order valence-corrected chi connectivity index (χ1v) is 14.8. The van der Waals surface area contributed by atoms with E-state index in [2.05, 4.69) is 25.6 Å². The van der Waals surface area contributed by atoms with Crippen molar-refractivity contribution in [3.05, 3.63) is 46.9 Å². The van der Waals surface area contributed by atoms with Gasteiger partial charge in [-0.2, -0.15) is 5.43 Å². The first-order valence-electron chi connectivity index (χ1n) is 11.9. The fourth-order valence-electron chi connectivity index (χ4n) is 3.92. The molecule has 1 fully saturated rings. The number of thioether (sulfide) groups is 2. The number of aliphatic carboxylic acids is 1. The lowest BCUT2D eigenvalue weighted by atomic mass is 10.0. The van der Waals surface area contributed by atoms with E-state index in [-0.39, 0.29) is 28.8 Å². The van der Waals surface area contributed by atoms with E-state index in [4.69, 9.17) is 16.3 Å². The standard InChI is InChI=1S/C23H26N8O7S3/c1-37-22(36)13(24)7-26-30-5-3-12(4-6-30)39-8-11-9-40-20-16(19(33)31(20)17(11)21(34)35)28-18(32)15(29-38-2)14-10-41-23(25)27-14/h3-6,10,13,16,20,26H,7-9,24H2,1-2H3,(H3-,25,27,28,32,34,35)/p+1/b29-15-/t13-,16+,20+/m0/s1. The van der Waals surface area contributed by atoms with Crippen molar-refractivity contribution in [3.8, 4) is 0 Å². The van der Waals surface area contributed by atoms with Gasteiger partial charge in [-0.25, -0.2) is 9.78 Å². The van der Waals surface area contributed by atoms with Crippen LogP contribution in [-0.2, 0) is 28.8 Å². The lowest BCUT2D eigenvalue weighted by molar-refractivity contribution is -0.650. The number of carboxylic acid groups (broad SMARTS) is 1. The number of amides is 2. The van der Waals surface area contributed by atoms with Crippen molar-refractivity contribution in [3.63, 3.8) is 0 Å². The van der Waals surface area contributed by atoms with Crippen molar-refractivity contribution in [1.29, 1.82) is 0 Å². The summed E-state index contributed by atoms with van der Waals surface area (Å²) in [5.74, 6) is -2.29. The van der Waals surface area contributed by atoms with E-state index in [0.717, 1.165) is 16.2 Å². The number of hydrogen-bond acceptors (Lipinski definition) is 14. The summed E-state index contributed by atoms with van der Waals surface area (Å²) in [5, 5.41) is 17.5. The summed E-state index contributed by atoms with van der Waals surface area (Å²) in [5.41, 5.74) is 14.9. The molecular weight excluding hydrogens is 597 g/mol. The van der Waals surface area contributed by atoms with Gasteiger partial charge in [-0.15, -0.1) is 34.9 Å². The molecule has 4 heterocycles. The van der Waals surface area contributed by atoms with E-state index in [1.54, 1.807) is 17.1 Å². The van der Waals surface area contributed by atoms with Gasteiger partial charge in [-0.05, 0) is 5.57 Å². The summed E-state index contributed by atoms with van der Waals surface area (Å²) in [7, 11) is 2.54. The van der Waals surface area contributed by atoms with Gasteiger partial charge in [0.05, 0.1) is 13.7 Å². The molecule has 41 heavy (non-hydrogen) atoms. The number of carboxylic acids is 1. The van der Waals surface area contributed by atoms with E-state index >= 15 is 0 Å². The predicted octanol–water partition coefficient (Wildman–Crippen LogP) is -1.06. The normalized spacial score (nSPS) is 19.1. The third-order valence-electron chi connectivity index (χ3n) is 5.91. The minimum absolute atomic E-state index is 0.0840. The summed E-state index contributed by atoms with van der Waals surface area (Å²) in [6, 6.07) is 1.87. The molecule has 2 aliphatic heterocycles. The van der Waals surface area contributed by atoms with E-state index in [0.29, 0.717) is 17.1 Å². The molecule has 2 aromatic rings. The molecule has 4 rings (SSSR count). The molecule has 3 atom stereocenters. The summed E-state index contributed by atoms with van der Waals surface area (Å²) in [6.45, 7) is 0.169. The number of carbonyl (C=O) groups excluding carboxylic acids is 3. The smallest absolute Gasteiger partial charge is 0.352 e. The summed E-state index contributed by atoms with van der Waals surface area (Å²) in [4.78, 5) is 60.4. The van der Waals surface area contributed by atoms with Crippen molar-refractivity contribution in [1.82, 2.24) is 15.2 Å². The van der Waals surface area contributed by atoms with Crippen molar-refractivity contribution in [2.24, 2.45) is 10.9 Å². The number of nitrogen functional groups attached to an aromatic ring is 1. The average Bonchev–Trinajstić information content (AvgIpc) is 3.41. The monoisotopic (exact) mass is 623 g/mol. The molecule has 218 valence electrons. The average molecular weight is 624 g/mol. The maximum absolute atomic E-state index is 13.0. The maximum Gasteiger partial charge on any atom is 0.352 e. The Morgan fingerprint density at radius 2 is 2.07 bits per heavy atom. The minimum atomic E-state index is -1.22. The van der Waals surface area contributed by atoms with Gasteiger partial charge in [0.2, 0.25) is 12.4 Å². The van der Waals surface area contributed by atoms with Crippen LogP contribution in [0.15, 0.2) is 51.2 Å². The van der Waals surface area contributed by atoms with Crippen molar-refractivity contribution in [2.45, 2.75) is 22.4 Å². The number of pyridine rings is 1. The summed E-state index contributed by atoms with van der Waals surface area (Å²) < 4.78 is 6.23. The topological polar surface area (TPSA) is 215 Å². The number of anilines is 1. The number of nitrogens with two attached hydrogens (primary N) is 2. The molecule has 0 bridgehead atoms. The van der Waals surface area contributed by atoms with Crippen LogP contribution in [0.4, 0.5) is 5.13 Å². The number of hydrogen-bond donors (Lipinski definition) is 5. The fourth-order valence-corrected chi connectivity index (χ4v) is 6.84. The molecule has 0 radical (unpaired) electrons. The number of ether oxygens (including phenoxy) is 1. The molecule has 2 aromatic heterocycles. The number of carbonyl (C=O) groups is 4. The lowest BCUT2D eigenvalue weighted by Crippen LogP contribution is -2.71. The van der Waals surface area contributed by atoms with E-state index < -0.39 is 41.2 Å². The van der Waals surface area contributed by atoms with Gasteiger partial charge in [-0.3, -0.25) is 19.3 Å². The first kappa shape index (κ1) is 30.1. The van der Waals surface area contributed by atoms with Gasteiger partial charge in [0, 0.05) is 33.9 Å². The minimum Gasteiger partial charge on any atom is -0.477 e. The quantitative estimate of drug-likeness (QED) is 0.0476. The molecule has 1 saturated heterocycles. The van der Waals surface area contributed by atoms with Crippen LogP contribution in [0.3, 0.4) is 0 Å². The Labute approximate surface area is 246 Å². The number of thiazole rings is 1. The SMILES string of the molecule is CO/N=C(\C(=O)N[C@@H]1C(=O)N2C(C(=O)O)=C(CSc3cc[n+](NC[C@H](N)C(=O)OC)cc3)CS[C@H]12)c1csc(N)n1. The molecule has 2 aliphatic rings. The van der Waals surface area contributed by atoms with Crippen LogP contribution in [0.2, 0.25) is 0 Å². The van der Waals surface area contributed by atoms with Crippen LogP contribution < -0.4 is 26.9 Å². The molecule has 0 saturated carbocycles. The Hall–Kier alpha value is -3.87. The number of esters is 1. The van der Waals surface area contributed by atoms with Crippen molar-refractivity contribution >= 4 is 69.5 Å². The Kier molecular flexibility index (Phi) is 9.69. The number of nitrogens with one attached hydrogen (secondary N) is 2. The van der Waals surface area contributed by atoms with Gasteiger partial charge >= 0.3 is 11.9 Å². The van der Waals surface area contributed by atoms with Gasteiger partial charge in [-0.1, -0.05) is 9.83 Å². The Bertz CT molecular complexity index is 1400. The molecule has 15 nitrogen and oxygen atoms in total. The van der Waals surface area contributed by atoms with Crippen LogP contribution in [0.1, 0.15) is 5.69 Å². The third kappa shape index (κ3) is 6.72. The lowest BCUT2D eigenvalue weighted by Gasteiger charge is -2.49. The number of aromatic nitrogens is 2. The number of fused-ring (bicyclic) bond motifs is 1. The number of nitrogens with zero attached hydrogens (tertiary/aromatic N) is 4. The Morgan fingerprint density at radius 3 is 2.68 bits per heavy atom. The second kappa shape index (κ2) is 13.2. The number of methoxy groups -OCH3 is 1. The van der Waals surface area contributed by atoms with Gasteiger partial charge < -0.3 is 31.5 Å². The number of rotatable bonds is 12. The van der Waals surface area contributed by atoms with Crippen LogP contribution in [-0.4, -0.2) is 94.2 Å². The molecule has 2 amide bonds. The van der Waals surface area contributed by atoms with Crippen LogP contribution >= 0.6 is 34.9 Å². The second-order valence-electron chi connectivity index (χ2n) is 8.53.